The van der Waals surface area contributed by atoms with Gasteiger partial charge in [-0.25, -0.2) is 0 Å². The molecule has 3 heteroatoms. The van der Waals surface area contributed by atoms with E-state index in [0.717, 1.165) is 48.3 Å². The summed E-state index contributed by atoms with van der Waals surface area (Å²) in [6.45, 7) is 2.91. The highest BCUT2D eigenvalue weighted by molar-refractivity contribution is 5.97. The molecule has 1 aliphatic heterocycles. The Kier molecular flexibility index (Phi) is 5.97. The van der Waals surface area contributed by atoms with Crippen molar-refractivity contribution in [1.82, 2.24) is 0 Å². The fourth-order valence-electron chi connectivity index (χ4n) is 3.72. The molecule has 1 fully saturated rings. The van der Waals surface area contributed by atoms with E-state index in [4.69, 9.17) is 9.47 Å². The molecule has 1 saturated heterocycles. The van der Waals surface area contributed by atoms with Crippen LogP contribution in [0.15, 0.2) is 78.9 Å². The minimum absolute atomic E-state index is 0.146. The van der Waals surface area contributed by atoms with Gasteiger partial charge in [0.1, 0.15) is 11.5 Å². The van der Waals surface area contributed by atoms with Crippen molar-refractivity contribution in [2.75, 3.05) is 6.61 Å². The van der Waals surface area contributed by atoms with Crippen LogP contribution in [0.1, 0.15) is 42.9 Å². The van der Waals surface area contributed by atoms with Crippen molar-refractivity contribution in [2.24, 2.45) is 0 Å². The van der Waals surface area contributed by atoms with Crippen LogP contribution in [0, 0.1) is 0 Å². The molecule has 0 aliphatic carbocycles. The van der Waals surface area contributed by atoms with Crippen molar-refractivity contribution in [2.45, 2.75) is 32.5 Å². The first-order valence-electron chi connectivity index (χ1n) is 10.1. The number of benzene rings is 3. The van der Waals surface area contributed by atoms with Gasteiger partial charge < -0.3 is 14.6 Å². The Morgan fingerprint density at radius 3 is 2.10 bits per heavy atom. The number of aromatic hydroxyl groups is 1. The maximum absolute atomic E-state index is 9.71. The van der Waals surface area contributed by atoms with Crippen molar-refractivity contribution in [3.63, 3.8) is 0 Å². The van der Waals surface area contributed by atoms with E-state index in [1.54, 1.807) is 12.1 Å². The van der Waals surface area contributed by atoms with Crippen LogP contribution in [0.5, 0.6) is 11.5 Å². The standard InChI is InChI=1S/C26H26O3/c1-19(20-7-3-2-4-8-20)26(21-10-14-23(27)15-11-21)22-12-16-24(17-13-22)29-25-9-5-6-18-28-25/h2-4,7-8,10-17,25,27H,5-6,9,18H2,1H3/b26-19+. The molecule has 1 heterocycles. The van der Waals surface area contributed by atoms with E-state index in [9.17, 15) is 5.11 Å². The third-order valence-electron chi connectivity index (χ3n) is 5.29. The lowest BCUT2D eigenvalue weighted by Crippen LogP contribution is -2.24. The molecule has 0 bridgehead atoms. The van der Waals surface area contributed by atoms with E-state index < -0.39 is 0 Å². The summed E-state index contributed by atoms with van der Waals surface area (Å²) in [6, 6.07) is 25.9. The van der Waals surface area contributed by atoms with Crippen molar-refractivity contribution < 1.29 is 14.6 Å². The van der Waals surface area contributed by atoms with Crippen LogP contribution in [0.3, 0.4) is 0 Å². The summed E-state index contributed by atoms with van der Waals surface area (Å²) in [7, 11) is 0. The van der Waals surface area contributed by atoms with Crippen LogP contribution in [-0.4, -0.2) is 18.0 Å². The van der Waals surface area contributed by atoms with Crippen LogP contribution < -0.4 is 4.74 Å². The molecule has 1 unspecified atom stereocenters. The molecular weight excluding hydrogens is 360 g/mol. The zero-order valence-corrected chi connectivity index (χ0v) is 16.7. The lowest BCUT2D eigenvalue weighted by molar-refractivity contribution is -0.105. The quantitative estimate of drug-likeness (QED) is 0.525. The first-order valence-corrected chi connectivity index (χ1v) is 10.1. The molecule has 0 aromatic heterocycles. The van der Waals surface area contributed by atoms with Gasteiger partial charge in [-0.15, -0.1) is 0 Å². The Morgan fingerprint density at radius 2 is 1.48 bits per heavy atom. The third kappa shape index (κ3) is 4.69. The lowest BCUT2D eigenvalue weighted by Gasteiger charge is -2.23. The summed E-state index contributed by atoms with van der Waals surface area (Å²) < 4.78 is 11.7. The zero-order valence-electron chi connectivity index (χ0n) is 16.7. The van der Waals surface area contributed by atoms with Crippen molar-refractivity contribution >= 4 is 11.1 Å². The number of allylic oxidation sites excluding steroid dienone is 1. The molecule has 1 atom stereocenters. The van der Waals surface area contributed by atoms with Gasteiger partial charge in [0.25, 0.3) is 0 Å². The van der Waals surface area contributed by atoms with E-state index in [1.165, 1.54) is 11.1 Å². The minimum atomic E-state index is -0.146. The summed E-state index contributed by atoms with van der Waals surface area (Å²) in [5.41, 5.74) is 5.66. The maximum Gasteiger partial charge on any atom is 0.199 e. The number of hydrogen-bond acceptors (Lipinski definition) is 3. The van der Waals surface area contributed by atoms with E-state index >= 15 is 0 Å². The van der Waals surface area contributed by atoms with Crippen LogP contribution in [-0.2, 0) is 4.74 Å². The molecule has 0 amide bonds. The Balaban J connectivity index is 1.68. The fraction of sp³-hybridized carbons (Fsp3) is 0.231. The Bertz CT molecular complexity index is 951. The number of phenols is 1. The molecule has 1 aliphatic rings. The molecule has 0 saturated carbocycles. The van der Waals surface area contributed by atoms with Crippen molar-refractivity contribution in [1.29, 1.82) is 0 Å². The number of ether oxygens (including phenoxy) is 2. The average Bonchev–Trinajstić information content (AvgIpc) is 2.78. The van der Waals surface area contributed by atoms with Crippen LogP contribution >= 0.6 is 0 Å². The zero-order chi connectivity index (χ0) is 20.1. The van der Waals surface area contributed by atoms with E-state index in [1.807, 2.05) is 42.5 Å². The molecule has 1 N–H and O–H groups in total. The highest BCUT2D eigenvalue weighted by Gasteiger charge is 2.16. The van der Waals surface area contributed by atoms with Crippen LogP contribution in [0.25, 0.3) is 11.1 Å². The monoisotopic (exact) mass is 386 g/mol. The Labute approximate surface area is 172 Å². The van der Waals surface area contributed by atoms with Gasteiger partial charge in [-0.2, -0.15) is 0 Å². The number of hydrogen-bond donors (Lipinski definition) is 1. The normalized spacial score (nSPS) is 17.5. The lowest BCUT2D eigenvalue weighted by atomic mass is 9.90. The van der Waals surface area contributed by atoms with Gasteiger partial charge in [0.05, 0.1) is 6.61 Å². The van der Waals surface area contributed by atoms with E-state index in [2.05, 4.69) is 31.2 Å². The van der Waals surface area contributed by atoms with E-state index in [-0.39, 0.29) is 12.0 Å². The number of phenolic OH excluding ortho intramolecular Hbond substituents is 1. The van der Waals surface area contributed by atoms with Crippen LogP contribution in [0.2, 0.25) is 0 Å². The predicted octanol–water partition coefficient (Wildman–Crippen LogP) is 6.28. The Morgan fingerprint density at radius 1 is 0.828 bits per heavy atom. The molecule has 4 rings (SSSR count). The molecule has 3 aromatic rings. The average molecular weight is 386 g/mol. The number of rotatable bonds is 5. The SMILES string of the molecule is C/C(=C(/c1ccc(O)cc1)c1ccc(OC2CCCCO2)cc1)c1ccccc1. The predicted molar refractivity (Wildman–Crippen MR) is 117 cm³/mol. The maximum atomic E-state index is 9.71. The van der Waals surface area contributed by atoms with Crippen molar-refractivity contribution in [3.8, 4) is 11.5 Å². The highest BCUT2D eigenvalue weighted by Crippen LogP contribution is 2.34. The highest BCUT2D eigenvalue weighted by atomic mass is 16.7. The first kappa shape index (κ1) is 19.3. The van der Waals surface area contributed by atoms with Gasteiger partial charge in [0, 0.05) is 6.42 Å². The molecular formula is C26H26O3. The first-order chi connectivity index (χ1) is 14.2. The minimum Gasteiger partial charge on any atom is -0.508 e. The summed E-state index contributed by atoms with van der Waals surface area (Å²) in [5, 5.41) is 9.71. The summed E-state index contributed by atoms with van der Waals surface area (Å²) >= 11 is 0. The third-order valence-corrected chi connectivity index (χ3v) is 5.29. The second-order valence-electron chi connectivity index (χ2n) is 7.35. The second-order valence-corrected chi connectivity index (χ2v) is 7.35. The molecule has 148 valence electrons. The van der Waals surface area contributed by atoms with Crippen LogP contribution in [0.4, 0.5) is 0 Å². The van der Waals surface area contributed by atoms with Crippen molar-refractivity contribution in [3.05, 3.63) is 95.6 Å². The molecule has 3 nitrogen and oxygen atoms in total. The van der Waals surface area contributed by atoms with Gasteiger partial charge in [-0.3, -0.25) is 0 Å². The van der Waals surface area contributed by atoms with Gasteiger partial charge in [-0.05, 0) is 71.9 Å². The smallest absolute Gasteiger partial charge is 0.199 e. The molecule has 29 heavy (non-hydrogen) atoms. The van der Waals surface area contributed by atoms with E-state index in [0.29, 0.717) is 0 Å². The molecule has 0 radical (unpaired) electrons. The fourth-order valence-corrected chi connectivity index (χ4v) is 3.72. The topological polar surface area (TPSA) is 38.7 Å². The summed E-state index contributed by atoms with van der Waals surface area (Å²) in [5.74, 6) is 1.09. The molecule has 3 aromatic carbocycles. The summed E-state index contributed by atoms with van der Waals surface area (Å²) in [4.78, 5) is 0. The molecule has 0 spiro atoms. The van der Waals surface area contributed by atoms with Gasteiger partial charge >= 0.3 is 0 Å². The van der Waals surface area contributed by atoms with Gasteiger partial charge in [0.15, 0.2) is 6.29 Å². The van der Waals surface area contributed by atoms with Gasteiger partial charge in [0.2, 0.25) is 0 Å². The largest absolute Gasteiger partial charge is 0.508 e. The second kappa shape index (κ2) is 8.97. The van der Waals surface area contributed by atoms with Gasteiger partial charge in [-0.1, -0.05) is 54.6 Å². The summed E-state index contributed by atoms with van der Waals surface area (Å²) in [6.07, 6.45) is 3.05. The Hall–Kier alpha value is -3.04.